The molecule has 0 unspecified atom stereocenters. The Morgan fingerprint density at radius 3 is 2.73 bits per heavy atom. The number of halogens is 2. The summed E-state index contributed by atoms with van der Waals surface area (Å²) in [4.78, 5) is 15.6. The van der Waals surface area contributed by atoms with Crippen molar-refractivity contribution in [3.05, 3.63) is 65.6 Å². The predicted molar refractivity (Wildman–Crippen MR) is 112 cm³/mol. The summed E-state index contributed by atoms with van der Waals surface area (Å²) in [6, 6.07) is 13.3. The molecule has 10 heteroatoms. The van der Waals surface area contributed by atoms with Crippen LogP contribution >= 0.6 is 11.6 Å². The van der Waals surface area contributed by atoms with Crippen molar-refractivity contribution in [3.63, 3.8) is 0 Å². The Bertz CT molecular complexity index is 1240. The molecular formula is C20H15ClFN7O. The molecule has 0 aliphatic rings. The van der Waals surface area contributed by atoms with Gasteiger partial charge in [-0.2, -0.15) is 4.68 Å². The maximum atomic E-state index is 14.4. The molecule has 0 saturated heterocycles. The minimum Gasteiger partial charge on any atom is -0.383 e. The highest BCUT2D eigenvalue weighted by molar-refractivity contribution is 6.32. The average Bonchev–Trinajstić information content (AvgIpc) is 3.17. The second-order valence-electron chi connectivity index (χ2n) is 6.40. The smallest absolute Gasteiger partial charge is 0.221 e. The second kappa shape index (κ2) is 7.88. The number of anilines is 2. The van der Waals surface area contributed by atoms with Crippen LogP contribution in [0.25, 0.3) is 28.2 Å². The van der Waals surface area contributed by atoms with Gasteiger partial charge >= 0.3 is 0 Å². The summed E-state index contributed by atoms with van der Waals surface area (Å²) in [6.45, 7) is 1.43. The third kappa shape index (κ3) is 3.70. The molecule has 0 aliphatic heterocycles. The zero-order chi connectivity index (χ0) is 21.3. The zero-order valence-electron chi connectivity index (χ0n) is 15.7. The highest BCUT2D eigenvalue weighted by Crippen LogP contribution is 2.32. The van der Waals surface area contributed by atoms with E-state index in [4.69, 9.17) is 17.3 Å². The normalized spacial score (nSPS) is 10.8. The lowest BCUT2D eigenvalue weighted by molar-refractivity contribution is -0.114. The first-order valence-electron chi connectivity index (χ1n) is 8.80. The molecule has 30 heavy (non-hydrogen) atoms. The first kappa shape index (κ1) is 19.5. The van der Waals surface area contributed by atoms with Gasteiger partial charge in [0.15, 0.2) is 11.6 Å². The lowest BCUT2D eigenvalue weighted by Gasteiger charge is -2.11. The van der Waals surface area contributed by atoms with Crippen molar-refractivity contribution in [1.82, 2.24) is 25.2 Å². The highest BCUT2D eigenvalue weighted by atomic mass is 35.5. The number of pyridine rings is 1. The molecule has 8 nitrogen and oxygen atoms in total. The van der Waals surface area contributed by atoms with Crippen LogP contribution in [0.2, 0.25) is 5.02 Å². The Hall–Kier alpha value is -3.85. The molecule has 0 aliphatic carbocycles. The number of para-hydroxylation sites is 1. The molecule has 1 amide bonds. The molecule has 0 fully saturated rings. The third-order valence-corrected chi connectivity index (χ3v) is 4.60. The number of benzene rings is 2. The lowest BCUT2D eigenvalue weighted by atomic mass is 10.0. The van der Waals surface area contributed by atoms with E-state index in [0.29, 0.717) is 16.8 Å². The summed E-state index contributed by atoms with van der Waals surface area (Å²) in [6.07, 6.45) is 1.59. The van der Waals surface area contributed by atoms with E-state index in [-0.39, 0.29) is 28.3 Å². The van der Waals surface area contributed by atoms with Crippen LogP contribution in [0.3, 0.4) is 0 Å². The van der Waals surface area contributed by atoms with Crippen molar-refractivity contribution >= 4 is 29.0 Å². The number of nitrogens with one attached hydrogen (secondary N) is 1. The van der Waals surface area contributed by atoms with E-state index < -0.39 is 5.82 Å². The molecule has 150 valence electrons. The molecule has 3 N–H and O–H groups in total. The van der Waals surface area contributed by atoms with Crippen LogP contribution in [0, 0.1) is 5.82 Å². The van der Waals surface area contributed by atoms with E-state index in [1.807, 2.05) is 6.07 Å². The number of hydrogen-bond donors (Lipinski definition) is 2. The number of nitrogens with zero attached hydrogens (tertiary/aromatic N) is 5. The number of nitrogens with two attached hydrogens (primary N) is 1. The van der Waals surface area contributed by atoms with Crippen molar-refractivity contribution in [1.29, 1.82) is 0 Å². The summed E-state index contributed by atoms with van der Waals surface area (Å²) in [5, 5.41) is 14.4. The number of tetrazole rings is 1. The largest absolute Gasteiger partial charge is 0.383 e. The molecule has 2 heterocycles. The quantitative estimate of drug-likeness (QED) is 0.517. The Morgan fingerprint density at radius 1 is 1.17 bits per heavy atom. The van der Waals surface area contributed by atoms with Crippen LogP contribution in [0.15, 0.2) is 54.7 Å². The number of hydrogen-bond acceptors (Lipinski definition) is 6. The summed E-state index contributed by atoms with van der Waals surface area (Å²) in [7, 11) is 0. The maximum Gasteiger partial charge on any atom is 0.221 e. The minimum atomic E-state index is -0.582. The van der Waals surface area contributed by atoms with E-state index in [1.165, 1.54) is 29.8 Å². The fourth-order valence-electron chi connectivity index (χ4n) is 2.99. The highest BCUT2D eigenvalue weighted by Gasteiger charge is 2.20. The summed E-state index contributed by atoms with van der Waals surface area (Å²) >= 11 is 6.17. The standard InChI is InChI=1S/C20H15ClFN7O/c1-11(30)25-14-5-2-4-12(8-14)13-9-15(19(23)24-10-13)20-26-27-28-29(20)18-16(21)6-3-7-17(18)22/h2-10H,1H3,(H2,23,24)(H,25,30). The molecule has 0 saturated carbocycles. The Morgan fingerprint density at radius 2 is 1.97 bits per heavy atom. The van der Waals surface area contributed by atoms with Gasteiger partial charge in [0.25, 0.3) is 0 Å². The third-order valence-electron chi connectivity index (χ3n) is 4.29. The summed E-state index contributed by atoms with van der Waals surface area (Å²) in [5.41, 5.74) is 8.63. The average molecular weight is 424 g/mol. The number of nitrogen functional groups attached to an aromatic ring is 1. The van der Waals surface area contributed by atoms with Gasteiger partial charge in [0.1, 0.15) is 11.5 Å². The molecule has 0 atom stereocenters. The van der Waals surface area contributed by atoms with Gasteiger partial charge in [-0.15, -0.1) is 5.10 Å². The Balaban J connectivity index is 1.82. The van der Waals surface area contributed by atoms with Crippen molar-refractivity contribution in [3.8, 4) is 28.2 Å². The number of amides is 1. The lowest BCUT2D eigenvalue weighted by Crippen LogP contribution is -2.06. The molecule has 0 bridgehead atoms. The Labute approximate surface area is 175 Å². The SMILES string of the molecule is CC(=O)Nc1cccc(-c2cnc(N)c(-c3nnnn3-c3c(F)cccc3Cl)c2)c1. The number of rotatable bonds is 4. The molecule has 2 aromatic carbocycles. The van der Waals surface area contributed by atoms with Crippen LogP contribution in [-0.4, -0.2) is 31.1 Å². The fourth-order valence-corrected chi connectivity index (χ4v) is 3.23. The van der Waals surface area contributed by atoms with E-state index in [0.717, 1.165) is 5.56 Å². The van der Waals surface area contributed by atoms with Gasteiger partial charge in [0.2, 0.25) is 5.91 Å². The van der Waals surface area contributed by atoms with E-state index in [2.05, 4.69) is 25.8 Å². The molecule has 4 rings (SSSR count). The first-order valence-corrected chi connectivity index (χ1v) is 9.18. The summed E-state index contributed by atoms with van der Waals surface area (Å²) < 4.78 is 15.6. The number of carbonyl (C=O) groups excluding carboxylic acids is 1. The topological polar surface area (TPSA) is 112 Å². The van der Waals surface area contributed by atoms with Gasteiger partial charge in [-0.1, -0.05) is 29.8 Å². The van der Waals surface area contributed by atoms with Gasteiger partial charge in [-0.25, -0.2) is 9.37 Å². The van der Waals surface area contributed by atoms with Crippen LogP contribution < -0.4 is 11.1 Å². The van der Waals surface area contributed by atoms with Crippen LogP contribution in [0.4, 0.5) is 15.9 Å². The van der Waals surface area contributed by atoms with Crippen molar-refractivity contribution in [2.24, 2.45) is 0 Å². The van der Waals surface area contributed by atoms with E-state index in [1.54, 1.807) is 30.5 Å². The van der Waals surface area contributed by atoms with Gasteiger partial charge in [-0.3, -0.25) is 4.79 Å². The van der Waals surface area contributed by atoms with E-state index in [9.17, 15) is 9.18 Å². The Kier molecular flexibility index (Phi) is 5.11. The van der Waals surface area contributed by atoms with Crippen molar-refractivity contribution in [2.45, 2.75) is 6.92 Å². The summed E-state index contributed by atoms with van der Waals surface area (Å²) in [5.74, 6) is -0.405. The molecule has 4 aromatic rings. The second-order valence-corrected chi connectivity index (χ2v) is 6.81. The van der Waals surface area contributed by atoms with Crippen LogP contribution in [0.5, 0.6) is 0 Å². The van der Waals surface area contributed by atoms with Gasteiger partial charge in [0.05, 0.1) is 10.6 Å². The van der Waals surface area contributed by atoms with Gasteiger partial charge in [0, 0.05) is 24.4 Å². The van der Waals surface area contributed by atoms with E-state index >= 15 is 0 Å². The molecular weight excluding hydrogens is 409 g/mol. The molecule has 2 aromatic heterocycles. The van der Waals surface area contributed by atoms with Crippen LogP contribution in [0.1, 0.15) is 6.92 Å². The molecule has 0 radical (unpaired) electrons. The maximum absolute atomic E-state index is 14.4. The van der Waals surface area contributed by atoms with Crippen molar-refractivity contribution < 1.29 is 9.18 Å². The first-order chi connectivity index (χ1) is 14.4. The van der Waals surface area contributed by atoms with Gasteiger partial charge < -0.3 is 11.1 Å². The van der Waals surface area contributed by atoms with Gasteiger partial charge in [-0.05, 0) is 46.3 Å². The predicted octanol–water partition coefficient (Wildman–Crippen LogP) is 3.72. The number of carbonyl (C=O) groups is 1. The fraction of sp³-hybridized carbons (Fsp3) is 0.0500. The molecule has 0 spiro atoms. The minimum absolute atomic E-state index is 0.0108. The van der Waals surface area contributed by atoms with Crippen molar-refractivity contribution in [2.75, 3.05) is 11.1 Å². The monoisotopic (exact) mass is 423 g/mol. The zero-order valence-corrected chi connectivity index (χ0v) is 16.4. The number of aromatic nitrogens is 5. The van der Waals surface area contributed by atoms with Crippen LogP contribution in [-0.2, 0) is 4.79 Å².